The molecule has 0 aliphatic carbocycles. The largest absolute Gasteiger partial charge is 0.331 e. The predicted molar refractivity (Wildman–Crippen MR) is 168 cm³/mol. The Morgan fingerprint density at radius 3 is 0.583 bits per heavy atom. The molecular formula is C34H76N2+2. The quantitative estimate of drug-likeness (QED) is 0.0798. The van der Waals surface area contributed by atoms with Crippen LogP contribution in [0, 0.1) is 0 Å². The van der Waals surface area contributed by atoms with Gasteiger partial charge in [-0.05, 0) is 25.7 Å². The van der Waals surface area contributed by atoms with Crippen molar-refractivity contribution < 1.29 is 8.97 Å². The first-order valence-electron chi connectivity index (χ1n) is 16.7. The minimum absolute atomic E-state index is 1.12. The monoisotopic (exact) mass is 513 g/mol. The summed E-state index contributed by atoms with van der Waals surface area (Å²) < 4.78 is 2.25. The van der Waals surface area contributed by atoms with E-state index in [1.807, 2.05) is 0 Å². The summed E-state index contributed by atoms with van der Waals surface area (Å²) in [7, 11) is 13.7. The number of hydrogen-bond acceptors (Lipinski definition) is 0. The number of nitrogens with zero attached hydrogens (tertiary/aromatic N) is 2. The first kappa shape index (κ1) is 38.1. The van der Waals surface area contributed by atoms with Crippen LogP contribution in [0.25, 0.3) is 0 Å². The first-order valence-corrected chi connectivity index (χ1v) is 16.7. The molecule has 2 heteroatoms. The fourth-order valence-electron chi connectivity index (χ4n) is 4.85. The minimum Gasteiger partial charge on any atom is -0.331 e. The van der Waals surface area contributed by atoms with Crippen molar-refractivity contribution in [2.24, 2.45) is 0 Å². The molecule has 220 valence electrons. The maximum Gasteiger partial charge on any atom is 0.0780 e. The molecule has 0 spiro atoms. The zero-order valence-electron chi connectivity index (χ0n) is 27.3. The lowest BCUT2D eigenvalue weighted by molar-refractivity contribution is -0.870. The van der Waals surface area contributed by atoms with Gasteiger partial charge in [0.25, 0.3) is 0 Å². The zero-order chi connectivity index (χ0) is 27.4. The molecular weight excluding hydrogens is 436 g/mol. The van der Waals surface area contributed by atoms with E-state index in [9.17, 15) is 0 Å². The highest BCUT2D eigenvalue weighted by atomic mass is 15.3. The average molecular weight is 513 g/mol. The van der Waals surface area contributed by atoms with E-state index in [2.05, 4.69) is 56.1 Å². The van der Waals surface area contributed by atoms with Crippen molar-refractivity contribution in [3.8, 4) is 0 Å². The first-order chi connectivity index (χ1) is 17.1. The molecule has 0 radical (unpaired) electrons. The molecule has 0 saturated carbocycles. The Labute approximate surface area is 232 Å². The molecule has 0 rings (SSSR count). The molecule has 0 aromatic rings. The molecule has 0 aliphatic heterocycles. The second-order valence-corrected chi connectivity index (χ2v) is 13.8. The molecule has 0 atom stereocenters. The van der Waals surface area contributed by atoms with Gasteiger partial charge in [0.2, 0.25) is 0 Å². The summed E-state index contributed by atoms with van der Waals surface area (Å²) in [4.78, 5) is 0. The second-order valence-electron chi connectivity index (χ2n) is 13.8. The van der Waals surface area contributed by atoms with Gasteiger partial charge in [0, 0.05) is 0 Å². The number of unbranched alkanes of at least 4 members (excludes halogenated alkanes) is 22. The maximum atomic E-state index is 2.29. The van der Waals surface area contributed by atoms with Crippen LogP contribution in [0.1, 0.15) is 168 Å². The Bertz CT molecular complexity index is 353. The predicted octanol–water partition coefficient (Wildman–Crippen LogP) is 10.8. The van der Waals surface area contributed by atoms with Crippen LogP contribution in [0.15, 0.2) is 0 Å². The molecule has 0 fully saturated rings. The van der Waals surface area contributed by atoms with Crippen molar-refractivity contribution in [3.63, 3.8) is 0 Å². The van der Waals surface area contributed by atoms with Crippen LogP contribution in [0.5, 0.6) is 0 Å². The summed E-state index contributed by atoms with van der Waals surface area (Å²) in [6.45, 7) is 7.24. The highest BCUT2D eigenvalue weighted by Crippen LogP contribution is 2.13. The van der Waals surface area contributed by atoms with Gasteiger partial charge >= 0.3 is 0 Å². The number of quaternary nitrogens is 2. The molecule has 0 bridgehead atoms. The molecule has 0 N–H and O–H groups in total. The summed E-state index contributed by atoms with van der Waals surface area (Å²) >= 11 is 0. The standard InChI is InChI=1S/2C17H38N/c2*1-5-6-7-8-9-10-11-12-13-14-15-16-17-18(2,3)4/h2*5-17H2,1-4H3/q2*+1. The van der Waals surface area contributed by atoms with Crippen molar-refractivity contribution in [2.45, 2.75) is 168 Å². The van der Waals surface area contributed by atoms with E-state index in [0.29, 0.717) is 0 Å². The number of rotatable bonds is 26. The van der Waals surface area contributed by atoms with E-state index in [-0.39, 0.29) is 0 Å². The third kappa shape index (κ3) is 41.1. The highest BCUT2D eigenvalue weighted by molar-refractivity contribution is 4.49. The average Bonchev–Trinajstić information content (AvgIpc) is 2.79. The lowest BCUT2D eigenvalue weighted by Gasteiger charge is -2.23. The topological polar surface area (TPSA) is 0 Å². The SMILES string of the molecule is CCCCCCCCCCCCCC[N+](C)(C)C.CCCCCCCCCCCCCC[N+](C)(C)C. The summed E-state index contributed by atoms with van der Waals surface area (Å²) in [6, 6.07) is 0. The Balaban J connectivity index is 0. The molecule has 0 aromatic heterocycles. The fourth-order valence-corrected chi connectivity index (χ4v) is 4.85. The van der Waals surface area contributed by atoms with Crippen molar-refractivity contribution in [2.75, 3.05) is 55.4 Å². The van der Waals surface area contributed by atoms with E-state index >= 15 is 0 Å². The van der Waals surface area contributed by atoms with Crippen LogP contribution in [-0.2, 0) is 0 Å². The van der Waals surface area contributed by atoms with Crippen LogP contribution in [0.3, 0.4) is 0 Å². The molecule has 36 heavy (non-hydrogen) atoms. The van der Waals surface area contributed by atoms with Crippen LogP contribution in [0.2, 0.25) is 0 Å². The third-order valence-corrected chi connectivity index (χ3v) is 7.36. The van der Waals surface area contributed by atoms with Crippen LogP contribution in [-0.4, -0.2) is 64.3 Å². The van der Waals surface area contributed by atoms with Gasteiger partial charge in [-0.15, -0.1) is 0 Å². The Kier molecular flexibility index (Phi) is 29.5. The second kappa shape index (κ2) is 27.9. The Morgan fingerprint density at radius 1 is 0.250 bits per heavy atom. The van der Waals surface area contributed by atoms with Gasteiger partial charge in [-0.1, -0.05) is 142 Å². The highest BCUT2D eigenvalue weighted by Gasteiger charge is 2.05. The fraction of sp³-hybridized carbons (Fsp3) is 1.00. The lowest BCUT2D eigenvalue weighted by Crippen LogP contribution is -2.35. The molecule has 0 amide bonds. The van der Waals surface area contributed by atoms with Gasteiger partial charge in [-0.25, -0.2) is 0 Å². The summed E-state index contributed by atoms with van der Waals surface area (Å²) in [6.07, 6.45) is 34.8. The summed E-state index contributed by atoms with van der Waals surface area (Å²) in [5, 5.41) is 0. The van der Waals surface area contributed by atoms with Gasteiger partial charge in [0.1, 0.15) is 0 Å². The van der Waals surface area contributed by atoms with Gasteiger partial charge < -0.3 is 8.97 Å². The van der Waals surface area contributed by atoms with Gasteiger partial charge in [-0.2, -0.15) is 0 Å². The van der Waals surface area contributed by atoms with Crippen molar-refractivity contribution >= 4 is 0 Å². The van der Waals surface area contributed by atoms with Crippen LogP contribution < -0.4 is 0 Å². The van der Waals surface area contributed by atoms with Gasteiger partial charge in [-0.3, -0.25) is 0 Å². The molecule has 0 heterocycles. The maximum absolute atomic E-state index is 2.29. The lowest BCUT2D eigenvalue weighted by atomic mass is 10.1. The van der Waals surface area contributed by atoms with Gasteiger partial charge in [0.05, 0.1) is 55.4 Å². The van der Waals surface area contributed by atoms with Gasteiger partial charge in [0.15, 0.2) is 0 Å². The Hall–Kier alpha value is -0.0800. The van der Waals surface area contributed by atoms with Crippen molar-refractivity contribution in [1.82, 2.24) is 0 Å². The van der Waals surface area contributed by atoms with Crippen LogP contribution in [0.4, 0.5) is 0 Å². The van der Waals surface area contributed by atoms with E-state index in [0.717, 1.165) is 8.97 Å². The van der Waals surface area contributed by atoms with E-state index in [1.54, 1.807) is 0 Å². The van der Waals surface area contributed by atoms with E-state index in [4.69, 9.17) is 0 Å². The van der Waals surface area contributed by atoms with Crippen LogP contribution >= 0.6 is 0 Å². The van der Waals surface area contributed by atoms with Crippen molar-refractivity contribution in [3.05, 3.63) is 0 Å². The normalized spacial score (nSPS) is 12.0. The zero-order valence-corrected chi connectivity index (χ0v) is 27.3. The smallest absolute Gasteiger partial charge is 0.0780 e. The molecule has 0 saturated heterocycles. The molecule has 2 nitrogen and oxygen atoms in total. The molecule has 0 aromatic carbocycles. The molecule has 0 aliphatic rings. The van der Waals surface area contributed by atoms with E-state index < -0.39 is 0 Å². The third-order valence-electron chi connectivity index (χ3n) is 7.36. The summed E-state index contributed by atoms with van der Waals surface area (Å²) in [5.41, 5.74) is 0. The minimum atomic E-state index is 1.12. The molecule has 0 unspecified atom stereocenters. The Morgan fingerprint density at radius 2 is 0.417 bits per heavy atom. The van der Waals surface area contributed by atoms with Crippen molar-refractivity contribution in [1.29, 1.82) is 0 Å². The number of hydrogen-bond donors (Lipinski definition) is 0. The summed E-state index contributed by atoms with van der Waals surface area (Å²) in [5.74, 6) is 0. The van der Waals surface area contributed by atoms with E-state index in [1.165, 1.54) is 167 Å².